The van der Waals surface area contributed by atoms with Crippen molar-refractivity contribution in [2.75, 3.05) is 6.61 Å². The molecule has 1 aliphatic heterocycles. The lowest BCUT2D eigenvalue weighted by Gasteiger charge is -2.32. The fourth-order valence-electron chi connectivity index (χ4n) is 2.82. The molecule has 0 N–H and O–H groups in total. The van der Waals surface area contributed by atoms with Gasteiger partial charge in [0.25, 0.3) is 0 Å². The molecule has 1 unspecified atom stereocenters. The fraction of sp³-hybridized carbons (Fsp3) is 0.857. The summed E-state index contributed by atoms with van der Waals surface area (Å²) in [6, 6.07) is 0. The Labute approximate surface area is 109 Å². The van der Waals surface area contributed by atoms with Crippen molar-refractivity contribution >= 4 is 11.7 Å². The SMILES string of the molecule is CCOC(=O)C1(C2(CC)CC2)CC(C(C)C)=NO1. The maximum absolute atomic E-state index is 12.4. The molecule has 0 aromatic heterocycles. The fourth-order valence-corrected chi connectivity index (χ4v) is 2.82. The highest BCUT2D eigenvalue weighted by Gasteiger charge is 2.68. The van der Waals surface area contributed by atoms with Crippen LogP contribution < -0.4 is 0 Å². The average Bonchev–Trinajstić information content (AvgIpc) is 3.01. The van der Waals surface area contributed by atoms with E-state index in [1.54, 1.807) is 0 Å². The van der Waals surface area contributed by atoms with E-state index >= 15 is 0 Å². The molecule has 0 radical (unpaired) electrons. The van der Waals surface area contributed by atoms with Crippen molar-refractivity contribution in [1.29, 1.82) is 0 Å². The van der Waals surface area contributed by atoms with E-state index in [0.29, 0.717) is 18.9 Å². The second-order valence-electron chi connectivity index (χ2n) is 5.69. The summed E-state index contributed by atoms with van der Waals surface area (Å²) in [5.41, 5.74) is 0.0688. The molecule has 2 rings (SSSR count). The summed E-state index contributed by atoms with van der Waals surface area (Å²) in [5, 5.41) is 4.16. The molecule has 4 heteroatoms. The zero-order chi connectivity index (χ0) is 13.4. The summed E-state index contributed by atoms with van der Waals surface area (Å²) in [6.07, 6.45) is 3.59. The van der Waals surface area contributed by atoms with E-state index in [2.05, 4.69) is 25.9 Å². The number of esters is 1. The summed E-state index contributed by atoms with van der Waals surface area (Å²) < 4.78 is 5.25. The van der Waals surface area contributed by atoms with Crippen LogP contribution in [-0.4, -0.2) is 23.9 Å². The number of nitrogens with zero attached hydrogens (tertiary/aromatic N) is 1. The molecule has 0 bridgehead atoms. The van der Waals surface area contributed by atoms with E-state index in [0.717, 1.165) is 25.0 Å². The van der Waals surface area contributed by atoms with E-state index in [9.17, 15) is 4.79 Å². The van der Waals surface area contributed by atoms with Crippen LogP contribution in [-0.2, 0) is 14.4 Å². The van der Waals surface area contributed by atoms with Gasteiger partial charge in [-0.15, -0.1) is 0 Å². The van der Waals surface area contributed by atoms with Gasteiger partial charge in [-0.2, -0.15) is 0 Å². The summed E-state index contributed by atoms with van der Waals surface area (Å²) in [6.45, 7) is 8.49. The van der Waals surface area contributed by atoms with Crippen LogP contribution >= 0.6 is 0 Å². The standard InChI is InChI=1S/C14H23NO3/c1-5-13(7-8-13)14(12(16)17-6-2)9-11(10(3)4)15-18-14/h10H,5-9H2,1-4H3. The second-order valence-corrected chi connectivity index (χ2v) is 5.69. The molecule has 0 spiro atoms. The number of oxime groups is 1. The van der Waals surface area contributed by atoms with Crippen molar-refractivity contribution in [3.63, 3.8) is 0 Å². The predicted molar refractivity (Wildman–Crippen MR) is 69.3 cm³/mol. The molecule has 0 amide bonds. The average molecular weight is 253 g/mol. The van der Waals surface area contributed by atoms with Gasteiger partial charge in [0, 0.05) is 11.8 Å². The number of ether oxygens (including phenoxy) is 1. The van der Waals surface area contributed by atoms with Gasteiger partial charge in [0.1, 0.15) is 0 Å². The normalized spacial score (nSPS) is 28.8. The van der Waals surface area contributed by atoms with Gasteiger partial charge >= 0.3 is 5.97 Å². The van der Waals surface area contributed by atoms with Crippen LogP contribution in [0.5, 0.6) is 0 Å². The molecular weight excluding hydrogens is 230 g/mol. The summed E-state index contributed by atoms with van der Waals surface area (Å²) in [4.78, 5) is 18.0. The van der Waals surface area contributed by atoms with Gasteiger partial charge in [-0.3, -0.25) is 0 Å². The van der Waals surface area contributed by atoms with Crippen molar-refractivity contribution in [1.82, 2.24) is 0 Å². The van der Waals surface area contributed by atoms with E-state index in [-0.39, 0.29) is 11.4 Å². The van der Waals surface area contributed by atoms with E-state index in [4.69, 9.17) is 9.57 Å². The highest BCUT2D eigenvalue weighted by molar-refractivity contribution is 5.95. The summed E-state index contributed by atoms with van der Waals surface area (Å²) in [5.74, 6) is 0.0812. The zero-order valence-electron chi connectivity index (χ0n) is 11.8. The first-order valence-electron chi connectivity index (χ1n) is 6.93. The van der Waals surface area contributed by atoms with Crippen molar-refractivity contribution in [3.8, 4) is 0 Å². The molecule has 1 atom stereocenters. The molecule has 0 saturated heterocycles. The Morgan fingerprint density at radius 1 is 1.44 bits per heavy atom. The monoisotopic (exact) mass is 253 g/mol. The number of hydrogen-bond acceptors (Lipinski definition) is 4. The van der Waals surface area contributed by atoms with E-state index in [1.807, 2.05) is 6.92 Å². The Hall–Kier alpha value is -1.06. The largest absolute Gasteiger partial charge is 0.463 e. The predicted octanol–water partition coefficient (Wildman–Crippen LogP) is 2.91. The summed E-state index contributed by atoms with van der Waals surface area (Å²) >= 11 is 0. The molecule has 4 nitrogen and oxygen atoms in total. The van der Waals surface area contributed by atoms with Gasteiger partial charge in [-0.1, -0.05) is 25.9 Å². The topological polar surface area (TPSA) is 47.9 Å². The van der Waals surface area contributed by atoms with Gasteiger partial charge in [0.2, 0.25) is 5.60 Å². The molecule has 1 fully saturated rings. The minimum Gasteiger partial charge on any atom is -0.463 e. The van der Waals surface area contributed by atoms with Crippen molar-refractivity contribution in [3.05, 3.63) is 0 Å². The molecule has 102 valence electrons. The van der Waals surface area contributed by atoms with Crippen LogP contribution in [0.3, 0.4) is 0 Å². The Bertz CT molecular complexity index is 371. The highest BCUT2D eigenvalue weighted by Crippen LogP contribution is 2.61. The molecule has 18 heavy (non-hydrogen) atoms. The lowest BCUT2D eigenvalue weighted by molar-refractivity contribution is -0.179. The van der Waals surface area contributed by atoms with Crippen LogP contribution in [0.2, 0.25) is 0 Å². The summed E-state index contributed by atoms with van der Waals surface area (Å²) in [7, 11) is 0. The Morgan fingerprint density at radius 3 is 2.50 bits per heavy atom. The smallest absolute Gasteiger partial charge is 0.354 e. The lowest BCUT2D eigenvalue weighted by atomic mass is 9.77. The third-order valence-electron chi connectivity index (χ3n) is 4.41. The van der Waals surface area contributed by atoms with Crippen molar-refractivity contribution in [2.45, 2.75) is 59.0 Å². The number of carbonyl (C=O) groups is 1. The maximum Gasteiger partial charge on any atom is 0.354 e. The van der Waals surface area contributed by atoms with Gasteiger partial charge < -0.3 is 9.57 Å². The van der Waals surface area contributed by atoms with Crippen LogP contribution in [0.4, 0.5) is 0 Å². The van der Waals surface area contributed by atoms with Crippen LogP contribution in [0.1, 0.15) is 53.4 Å². The van der Waals surface area contributed by atoms with Gasteiger partial charge in [-0.25, -0.2) is 4.79 Å². The first-order valence-corrected chi connectivity index (χ1v) is 6.93. The number of hydrogen-bond donors (Lipinski definition) is 0. The highest BCUT2D eigenvalue weighted by atomic mass is 16.7. The van der Waals surface area contributed by atoms with Crippen molar-refractivity contribution in [2.24, 2.45) is 16.5 Å². The van der Waals surface area contributed by atoms with E-state index < -0.39 is 5.60 Å². The molecule has 0 aromatic rings. The Kier molecular flexibility index (Phi) is 3.39. The lowest BCUT2D eigenvalue weighted by Crippen LogP contribution is -2.49. The van der Waals surface area contributed by atoms with Gasteiger partial charge in [-0.05, 0) is 32.1 Å². The third kappa shape index (κ3) is 1.82. The third-order valence-corrected chi connectivity index (χ3v) is 4.41. The minimum atomic E-state index is -0.850. The number of rotatable bonds is 5. The van der Waals surface area contributed by atoms with Crippen LogP contribution in [0.15, 0.2) is 5.16 Å². The van der Waals surface area contributed by atoms with Crippen LogP contribution in [0.25, 0.3) is 0 Å². The molecule has 0 aromatic carbocycles. The van der Waals surface area contributed by atoms with Crippen molar-refractivity contribution < 1.29 is 14.4 Å². The molecule has 1 aliphatic carbocycles. The minimum absolute atomic E-state index is 0.0562. The quantitative estimate of drug-likeness (QED) is 0.708. The van der Waals surface area contributed by atoms with Gasteiger partial charge in [0.05, 0.1) is 12.3 Å². The second kappa shape index (κ2) is 4.56. The number of carbonyl (C=O) groups excluding carboxylic acids is 1. The van der Waals surface area contributed by atoms with E-state index in [1.165, 1.54) is 0 Å². The maximum atomic E-state index is 12.4. The van der Waals surface area contributed by atoms with Crippen LogP contribution in [0, 0.1) is 11.3 Å². The van der Waals surface area contributed by atoms with Gasteiger partial charge in [0.15, 0.2) is 0 Å². The Morgan fingerprint density at radius 2 is 2.11 bits per heavy atom. The molecule has 1 saturated carbocycles. The molecule has 2 aliphatic rings. The molecule has 1 heterocycles. The zero-order valence-corrected chi connectivity index (χ0v) is 11.8. The Balaban J connectivity index is 2.25. The first kappa shape index (κ1) is 13.4. The molecular formula is C14H23NO3. The first-order chi connectivity index (χ1) is 8.51.